The molecule has 2 rings (SSSR count). The number of amides is 2. The van der Waals surface area contributed by atoms with Crippen molar-refractivity contribution in [3.8, 4) is 0 Å². The highest BCUT2D eigenvalue weighted by Crippen LogP contribution is 2.38. The smallest absolute Gasteiger partial charge is 0.248 e. The molecule has 1 saturated heterocycles. The van der Waals surface area contributed by atoms with Crippen LogP contribution in [-0.2, 0) is 9.59 Å². The zero-order chi connectivity index (χ0) is 8.77. The van der Waals surface area contributed by atoms with Crippen LogP contribution in [0.4, 0.5) is 0 Å². The topological polar surface area (TPSA) is 49.4 Å². The van der Waals surface area contributed by atoms with Crippen LogP contribution in [-0.4, -0.2) is 35.3 Å². The number of hydrogen-bond donors (Lipinski definition) is 1. The van der Waals surface area contributed by atoms with Crippen LogP contribution in [0.1, 0.15) is 19.8 Å². The van der Waals surface area contributed by atoms with E-state index in [1.165, 1.54) is 0 Å². The van der Waals surface area contributed by atoms with Crippen molar-refractivity contribution < 1.29 is 9.59 Å². The van der Waals surface area contributed by atoms with Crippen LogP contribution in [0.25, 0.3) is 0 Å². The Labute approximate surface area is 70.9 Å². The monoisotopic (exact) mass is 168 g/mol. The molecule has 0 atom stereocenters. The molecule has 1 aliphatic carbocycles. The Morgan fingerprint density at radius 2 is 2.17 bits per heavy atom. The van der Waals surface area contributed by atoms with Gasteiger partial charge >= 0.3 is 0 Å². The van der Waals surface area contributed by atoms with Gasteiger partial charge in [-0.15, -0.1) is 0 Å². The Bertz CT molecular complexity index is 245. The van der Waals surface area contributed by atoms with Crippen molar-refractivity contribution in [2.24, 2.45) is 0 Å². The Balaban J connectivity index is 2.19. The third kappa shape index (κ3) is 0.906. The van der Waals surface area contributed by atoms with Gasteiger partial charge in [-0.1, -0.05) is 0 Å². The maximum absolute atomic E-state index is 11.6. The van der Waals surface area contributed by atoms with Gasteiger partial charge in [0.15, 0.2) is 0 Å². The summed E-state index contributed by atoms with van der Waals surface area (Å²) in [6, 6.07) is 0. The van der Waals surface area contributed by atoms with Gasteiger partial charge in [0.1, 0.15) is 5.54 Å². The minimum absolute atomic E-state index is 0.0195. The lowest BCUT2D eigenvalue weighted by atomic mass is 10.1. The molecule has 2 aliphatic rings. The summed E-state index contributed by atoms with van der Waals surface area (Å²) in [4.78, 5) is 24.3. The molecule has 1 saturated carbocycles. The molecule has 12 heavy (non-hydrogen) atoms. The minimum atomic E-state index is -0.481. The number of rotatable bonds is 1. The van der Waals surface area contributed by atoms with Crippen LogP contribution < -0.4 is 5.32 Å². The van der Waals surface area contributed by atoms with E-state index >= 15 is 0 Å². The SMILES string of the molecule is CCN1CC(=O)NC2(CC2)C1=O. The van der Waals surface area contributed by atoms with E-state index in [0.717, 1.165) is 12.8 Å². The summed E-state index contributed by atoms with van der Waals surface area (Å²) in [5.74, 6) is 0.0820. The summed E-state index contributed by atoms with van der Waals surface area (Å²) in [6.45, 7) is 2.76. The number of nitrogens with zero attached hydrogens (tertiary/aromatic N) is 1. The zero-order valence-electron chi connectivity index (χ0n) is 7.09. The van der Waals surface area contributed by atoms with Gasteiger partial charge in [0.25, 0.3) is 0 Å². The molecule has 1 aliphatic heterocycles. The van der Waals surface area contributed by atoms with E-state index in [0.29, 0.717) is 6.54 Å². The van der Waals surface area contributed by atoms with Gasteiger partial charge in [-0.2, -0.15) is 0 Å². The predicted molar refractivity (Wildman–Crippen MR) is 42.4 cm³/mol. The molecule has 0 radical (unpaired) electrons. The maximum Gasteiger partial charge on any atom is 0.248 e. The molecule has 2 amide bonds. The van der Waals surface area contributed by atoms with Gasteiger partial charge in [-0.05, 0) is 19.8 Å². The normalized spacial score (nSPS) is 25.9. The molecule has 0 bridgehead atoms. The second-order valence-electron chi connectivity index (χ2n) is 3.45. The van der Waals surface area contributed by atoms with E-state index in [-0.39, 0.29) is 18.4 Å². The first-order valence-electron chi connectivity index (χ1n) is 4.28. The standard InChI is InChI=1S/C8H12N2O2/c1-2-10-5-6(11)9-8(3-4-8)7(10)12/h2-5H2,1H3,(H,9,11). The van der Waals surface area contributed by atoms with Crippen LogP contribution in [0.3, 0.4) is 0 Å². The van der Waals surface area contributed by atoms with Gasteiger partial charge in [-0.25, -0.2) is 0 Å². The average molecular weight is 168 g/mol. The molecular formula is C8H12N2O2. The highest BCUT2D eigenvalue weighted by atomic mass is 16.2. The first-order valence-corrected chi connectivity index (χ1v) is 4.28. The molecular weight excluding hydrogens is 156 g/mol. The summed E-state index contributed by atoms with van der Waals surface area (Å²) >= 11 is 0. The second kappa shape index (κ2) is 2.21. The van der Waals surface area contributed by atoms with E-state index in [9.17, 15) is 9.59 Å². The van der Waals surface area contributed by atoms with Gasteiger partial charge < -0.3 is 10.2 Å². The van der Waals surface area contributed by atoms with Gasteiger partial charge in [-0.3, -0.25) is 9.59 Å². The third-order valence-corrected chi connectivity index (χ3v) is 2.54. The first-order chi connectivity index (χ1) is 5.68. The highest BCUT2D eigenvalue weighted by molar-refractivity contribution is 6.00. The van der Waals surface area contributed by atoms with E-state index in [2.05, 4.69) is 5.32 Å². The van der Waals surface area contributed by atoms with Crippen molar-refractivity contribution in [2.75, 3.05) is 13.1 Å². The van der Waals surface area contributed by atoms with Gasteiger partial charge in [0.05, 0.1) is 6.54 Å². The Morgan fingerprint density at radius 1 is 1.50 bits per heavy atom. The van der Waals surface area contributed by atoms with Crippen LogP contribution >= 0.6 is 0 Å². The quantitative estimate of drug-likeness (QED) is 0.573. The van der Waals surface area contributed by atoms with E-state index in [1.807, 2.05) is 6.92 Å². The summed E-state index contributed by atoms with van der Waals surface area (Å²) in [5.41, 5.74) is -0.481. The van der Waals surface area contributed by atoms with Crippen LogP contribution in [0.2, 0.25) is 0 Å². The molecule has 2 fully saturated rings. The third-order valence-electron chi connectivity index (χ3n) is 2.54. The summed E-state index contributed by atoms with van der Waals surface area (Å²) < 4.78 is 0. The molecule has 1 N–H and O–H groups in total. The van der Waals surface area contributed by atoms with Crippen molar-refractivity contribution in [2.45, 2.75) is 25.3 Å². The average Bonchev–Trinajstić information content (AvgIpc) is 2.78. The molecule has 0 aromatic carbocycles. The molecule has 4 nitrogen and oxygen atoms in total. The number of carbonyl (C=O) groups excluding carboxylic acids is 2. The lowest BCUT2D eigenvalue weighted by Crippen LogP contribution is -2.59. The van der Waals surface area contributed by atoms with E-state index in [4.69, 9.17) is 0 Å². The molecule has 1 spiro atoms. The Morgan fingerprint density at radius 3 is 2.67 bits per heavy atom. The molecule has 66 valence electrons. The fourth-order valence-corrected chi connectivity index (χ4v) is 1.63. The van der Waals surface area contributed by atoms with Crippen LogP contribution in [0.5, 0.6) is 0 Å². The second-order valence-corrected chi connectivity index (χ2v) is 3.45. The Hall–Kier alpha value is -1.06. The van der Waals surface area contributed by atoms with Crippen molar-refractivity contribution in [3.05, 3.63) is 0 Å². The van der Waals surface area contributed by atoms with E-state index in [1.54, 1.807) is 4.90 Å². The van der Waals surface area contributed by atoms with Gasteiger partial charge in [0.2, 0.25) is 11.8 Å². The molecule has 4 heteroatoms. The fourth-order valence-electron chi connectivity index (χ4n) is 1.63. The first kappa shape index (κ1) is 7.58. The summed E-state index contributed by atoms with van der Waals surface area (Å²) in [6.07, 6.45) is 1.63. The number of likely N-dealkylation sites (N-methyl/N-ethyl adjacent to an activating group) is 1. The summed E-state index contributed by atoms with van der Waals surface area (Å²) in [7, 11) is 0. The maximum atomic E-state index is 11.6. The fraction of sp³-hybridized carbons (Fsp3) is 0.750. The Kier molecular flexibility index (Phi) is 1.40. The van der Waals surface area contributed by atoms with E-state index < -0.39 is 5.54 Å². The zero-order valence-corrected chi connectivity index (χ0v) is 7.09. The lowest BCUT2D eigenvalue weighted by Gasteiger charge is -2.31. The number of hydrogen-bond acceptors (Lipinski definition) is 2. The molecule has 1 heterocycles. The molecule has 0 unspecified atom stereocenters. The number of nitrogens with one attached hydrogen (secondary N) is 1. The number of carbonyl (C=O) groups is 2. The van der Waals surface area contributed by atoms with Crippen LogP contribution in [0, 0.1) is 0 Å². The van der Waals surface area contributed by atoms with Crippen molar-refractivity contribution in [1.82, 2.24) is 10.2 Å². The highest BCUT2D eigenvalue weighted by Gasteiger charge is 2.55. The van der Waals surface area contributed by atoms with Gasteiger partial charge in [0, 0.05) is 6.54 Å². The van der Waals surface area contributed by atoms with Crippen molar-refractivity contribution in [3.63, 3.8) is 0 Å². The van der Waals surface area contributed by atoms with Crippen LogP contribution in [0.15, 0.2) is 0 Å². The molecule has 0 aromatic heterocycles. The van der Waals surface area contributed by atoms with Crippen molar-refractivity contribution in [1.29, 1.82) is 0 Å². The number of piperazine rings is 1. The predicted octanol–water partition coefficient (Wildman–Crippen LogP) is -0.503. The minimum Gasteiger partial charge on any atom is -0.340 e. The molecule has 0 aromatic rings. The van der Waals surface area contributed by atoms with Crippen molar-refractivity contribution >= 4 is 11.8 Å². The largest absolute Gasteiger partial charge is 0.340 e. The summed E-state index contributed by atoms with van der Waals surface area (Å²) in [5, 5.41) is 2.75. The lowest BCUT2D eigenvalue weighted by molar-refractivity contribution is -0.145.